The highest BCUT2D eigenvalue weighted by Gasteiger charge is 2.12. The lowest BCUT2D eigenvalue weighted by molar-refractivity contribution is 0.0935. The highest BCUT2D eigenvalue weighted by molar-refractivity contribution is 5.94. The Morgan fingerprint density at radius 1 is 1.50 bits per heavy atom. The van der Waals surface area contributed by atoms with Crippen LogP contribution in [-0.4, -0.2) is 25.6 Å². The van der Waals surface area contributed by atoms with Crippen molar-refractivity contribution in [3.05, 3.63) is 29.8 Å². The lowest BCUT2D eigenvalue weighted by atomic mass is 10.1. The molecule has 1 aromatic rings. The van der Waals surface area contributed by atoms with E-state index in [9.17, 15) is 4.79 Å². The van der Waals surface area contributed by atoms with Gasteiger partial charge in [-0.1, -0.05) is 25.8 Å². The Kier molecular flexibility index (Phi) is 6.22. The number of unbranched alkanes of at least 4 members (excludes halogenated alkanes) is 1. The van der Waals surface area contributed by atoms with Crippen LogP contribution in [0.2, 0.25) is 0 Å². The summed E-state index contributed by atoms with van der Waals surface area (Å²) in [5.74, 6) is 0.584. The Morgan fingerprint density at radius 3 is 2.89 bits per heavy atom. The number of carbonyl (C=O) groups excluding carboxylic acids is 1. The zero-order valence-corrected chi connectivity index (χ0v) is 11.1. The van der Waals surface area contributed by atoms with Gasteiger partial charge in [0.1, 0.15) is 5.75 Å². The van der Waals surface area contributed by atoms with Gasteiger partial charge >= 0.3 is 0 Å². The predicted octanol–water partition coefficient (Wildman–Crippen LogP) is 1.94. The van der Waals surface area contributed by atoms with E-state index in [-0.39, 0.29) is 11.9 Å². The Hall–Kier alpha value is -1.55. The molecule has 0 aliphatic rings. The van der Waals surface area contributed by atoms with Gasteiger partial charge in [-0.05, 0) is 24.6 Å². The normalized spacial score (nSPS) is 11.9. The molecule has 0 bridgehead atoms. The van der Waals surface area contributed by atoms with Crippen molar-refractivity contribution < 1.29 is 9.53 Å². The van der Waals surface area contributed by atoms with E-state index in [1.807, 2.05) is 6.07 Å². The van der Waals surface area contributed by atoms with Crippen LogP contribution in [0.4, 0.5) is 0 Å². The molecule has 3 N–H and O–H groups in total. The second kappa shape index (κ2) is 7.71. The van der Waals surface area contributed by atoms with Gasteiger partial charge in [-0.2, -0.15) is 0 Å². The third-order valence-electron chi connectivity index (χ3n) is 2.86. The number of benzene rings is 1. The van der Waals surface area contributed by atoms with Crippen molar-refractivity contribution in [2.24, 2.45) is 5.73 Å². The third kappa shape index (κ3) is 4.37. The van der Waals surface area contributed by atoms with Crippen LogP contribution in [0.1, 0.15) is 36.5 Å². The standard InChI is InChI=1S/C14H22N2O2/c1-3-4-7-12(10-15)16-14(17)11-6-5-8-13(9-11)18-2/h5-6,8-9,12H,3-4,7,10,15H2,1-2H3,(H,16,17). The van der Waals surface area contributed by atoms with Gasteiger partial charge in [0.05, 0.1) is 7.11 Å². The quantitative estimate of drug-likeness (QED) is 0.777. The topological polar surface area (TPSA) is 64.3 Å². The smallest absolute Gasteiger partial charge is 0.251 e. The molecule has 0 aliphatic heterocycles. The van der Waals surface area contributed by atoms with E-state index < -0.39 is 0 Å². The van der Waals surface area contributed by atoms with E-state index in [1.165, 1.54) is 0 Å². The molecule has 100 valence electrons. The summed E-state index contributed by atoms with van der Waals surface area (Å²) in [4.78, 5) is 12.0. The molecule has 0 saturated heterocycles. The zero-order chi connectivity index (χ0) is 13.4. The maximum atomic E-state index is 12.0. The van der Waals surface area contributed by atoms with Crippen LogP contribution in [0.25, 0.3) is 0 Å². The molecule has 0 heterocycles. The van der Waals surface area contributed by atoms with Crippen molar-refractivity contribution in [3.8, 4) is 5.75 Å². The first-order valence-corrected chi connectivity index (χ1v) is 6.36. The van der Waals surface area contributed by atoms with Gasteiger partial charge in [0.2, 0.25) is 0 Å². The average Bonchev–Trinajstić information content (AvgIpc) is 2.43. The number of nitrogens with two attached hydrogens (primary N) is 1. The molecule has 0 spiro atoms. The van der Waals surface area contributed by atoms with Gasteiger partial charge in [0, 0.05) is 18.2 Å². The fourth-order valence-electron chi connectivity index (χ4n) is 1.73. The number of carbonyl (C=O) groups is 1. The monoisotopic (exact) mass is 250 g/mol. The second-order valence-electron chi connectivity index (χ2n) is 4.28. The fraction of sp³-hybridized carbons (Fsp3) is 0.500. The summed E-state index contributed by atoms with van der Waals surface area (Å²) in [6.07, 6.45) is 3.09. The van der Waals surface area contributed by atoms with E-state index >= 15 is 0 Å². The van der Waals surface area contributed by atoms with Crippen LogP contribution >= 0.6 is 0 Å². The SMILES string of the molecule is CCCCC(CN)NC(=O)c1cccc(OC)c1. The van der Waals surface area contributed by atoms with Crippen molar-refractivity contribution in [3.63, 3.8) is 0 Å². The summed E-state index contributed by atoms with van der Waals surface area (Å²) in [7, 11) is 1.58. The number of amides is 1. The molecule has 1 atom stereocenters. The van der Waals surface area contributed by atoms with E-state index in [2.05, 4.69) is 12.2 Å². The van der Waals surface area contributed by atoms with Gasteiger partial charge in [-0.25, -0.2) is 0 Å². The van der Waals surface area contributed by atoms with Crippen molar-refractivity contribution in [1.82, 2.24) is 5.32 Å². The first-order chi connectivity index (χ1) is 8.71. The summed E-state index contributed by atoms with van der Waals surface area (Å²) < 4.78 is 5.10. The van der Waals surface area contributed by atoms with Gasteiger partial charge in [0.15, 0.2) is 0 Å². The molecule has 1 aromatic carbocycles. The molecule has 0 aromatic heterocycles. The van der Waals surface area contributed by atoms with Crippen molar-refractivity contribution in [2.75, 3.05) is 13.7 Å². The predicted molar refractivity (Wildman–Crippen MR) is 72.8 cm³/mol. The van der Waals surface area contributed by atoms with E-state index in [0.29, 0.717) is 17.9 Å². The highest BCUT2D eigenvalue weighted by Crippen LogP contribution is 2.12. The lowest BCUT2D eigenvalue weighted by Crippen LogP contribution is -2.40. The summed E-state index contributed by atoms with van der Waals surface area (Å²) in [6.45, 7) is 2.59. The fourth-order valence-corrected chi connectivity index (χ4v) is 1.73. The maximum Gasteiger partial charge on any atom is 0.251 e. The molecule has 18 heavy (non-hydrogen) atoms. The van der Waals surface area contributed by atoms with Crippen molar-refractivity contribution >= 4 is 5.91 Å². The highest BCUT2D eigenvalue weighted by atomic mass is 16.5. The largest absolute Gasteiger partial charge is 0.497 e. The molecule has 0 radical (unpaired) electrons. The maximum absolute atomic E-state index is 12.0. The molecular formula is C14H22N2O2. The molecule has 4 heteroatoms. The minimum atomic E-state index is -0.0968. The average molecular weight is 250 g/mol. The summed E-state index contributed by atoms with van der Waals surface area (Å²) >= 11 is 0. The molecule has 4 nitrogen and oxygen atoms in total. The van der Waals surface area contributed by atoms with Gasteiger partial charge < -0.3 is 15.8 Å². The molecular weight excluding hydrogens is 228 g/mol. The van der Waals surface area contributed by atoms with Crippen LogP contribution in [0.5, 0.6) is 5.75 Å². The van der Waals surface area contributed by atoms with Crippen LogP contribution in [-0.2, 0) is 0 Å². The summed E-state index contributed by atoms with van der Waals surface area (Å²) in [6, 6.07) is 7.16. The van der Waals surface area contributed by atoms with Gasteiger partial charge in [0.25, 0.3) is 5.91 Å². The van der Waals surface area contributed by atoms with Gasteiger partial charge in [-0.3, -0.25) is 4.79 Å². The summed E-state index contributed by atoms with van der Waals surface area (Å²) in [5.41, 5.74) is 6.26. The van der Waals surface area contributed by atoms with Crippen molar-refractivity contribution in [2.45, 2.75) is 32.2 Å². The Balaban J connectivity index is 2.62. The van der Waals surface area contributed by atoms with E-state index in [4.69, 9.17) is 10.5 Å². The Labute approximate surface area is 109 Å². The third-order valence-corrected chi connectivity index (χ3v) is 2.86. The summed E-state index contributed by atoms with van der Waals surface area (Å²) in [5, 5.41) is 2.95. The molecule has 1 rings (SSSR count). The first-order valence-electron chi connectivity index (χ1n) is 6.36. The molecule has 1 unspecified atom stereocenters. The Morgan fingerprint density at radius 2 is 2.28 bits per heavy atom. The van der Waals surface area contributed by atoms with Crippen LogP contribution in [0, 0.1) is 0 Å². The first kappa shape index (κ1) is 14.5. The molecule has 0 saturated carbocycles. The lowest BCUT2D eigenvalue weighted by Gasteiger charge is -2.16. The number of nitrogens with one attached hydrogen (secondary N) is 1. The van der Waals surface area contributed by atoms with Crippen LogP contribution in [0.3, 0.4) is 0 Å². The number of hydrogen-bond acceptors (Lipinski definition) is 3. The minimum absolute atomic E-state index is 0.0450. The van der Waals surface area contributed by atoms with Crippen molar-refractivity contribution in [1.29, 1.82) is 0 Å². The van der Waals surface area contributed by atoms with E-state index in [0.717, 1.165) is 19.3 Å². The number of methoxy groups -OCH3 is 1. The molecule has 1 amide bonds. The Bertz CT molecular complexity index is 380. The zero-order valence-electron chi connectivity index (χ0n) is 11.1. The van der Waals surface area contributed by atoms with Gasteiger partial charge in [-0.15, -0.1) is 0 Å². The number of rotatable bonds is 7. The molecule has 0 fully saturated rings. The van der Waals surface area contributed by atoms with Crippen LogP contribution in [0.15, 0.2) is 24.3 Å². The molecule has 0 aliphatic carbocycles. The van der Waals surface area contributed by atoms with Crippen LogP contribution < -0.4 is 15.8 Å². The number of ether oxygens (including phenoxy) is 1. The van der Waals surface area contributed by atoms with E-state index in [1.54, 1.807) is 25.3 Å². The second-order valence-corrected chi connectivity index (χ2v) is 4.28. The number of hydrogen-bond donors (Lipinski definition) is 2. The minimum Gasteiger partial charge on any atom is -0.497 e.